The number of carbonyl (C=O) groups excluding carboxylic acids is 2. The summed E-state index contributed by atoms with van der Waals surface area (Å²) in [6, 6.07) is 13.5. The van der Waals surface area contributed by atoms with Crippen molar-refractivity contribution in [3.05, 3.63) is 71.1 Å². The first kappa shape index (κ1) is 19.2. The zero-order valence-corrected chi connectivity index (χ0v) is 17.8. The van der Waals surface area contributed by atoms with Crippen molar-refractivity contribution in [1.82, 2.24) is 20.2 Å². The Bertz CT molecular complexity index is 1070. The van der Waals surface area contributed by atoms with Gasteiger partial charge in [-0.1, -0.05) is 0 Å². The van der Waals surface area contributed by atoms with E-state index in [0.29, 0.717) is 0 Å². The third kappa shape index (κ3) is 3.88. The first-order valence-electron chi connectivity index (χ1n) is 8.60. The van der Waals surface area contributed by atoms with E-state index >= 15 is 0 Å². The number of carbonyl (C=O) groups is 2. The molecule has 2 amide bonds. The average Bonchev–Trinajstić information content (AvgIpc) is 3.19. The second-order valence-corrected chi connectivity index (χ2v) is 8.77. The summed E-state index contributed by atoms with van der Waals surface area (Å²) in [5.74, 6) is -0.0933. The van der Waals surface area contributed by atoms with E-state index in [1.54, 1.807) is 31.7 Å². The first-order chi connectivity index (χ1) is 14.0. The molecule has 1 N–H and O–H groups in total. The molecule has 1 saturated heterocycles. The van der Waals surface area contributed by atoms with E-state index in [2.05, 4.69) is 15.3 Å². The van der Waals surface area contributed by atoms with Crippen LogP contribution in [0.25, 0.3) is 6.08 Å². The van der Waals surface area contributed by atoms with E-state index in [0.717, 1.165) is 20.5 Å². The third-order valence-corrected chi connectivity index (χ3v) is 6.73. The van der Waals surface area contributed by atoms with Crippen molar-refractivity contribution in [3.8, 4) is 0 Å². The van der Waals surface area contributed by atoms with Gasteiger partial charge in [-0.25, -0.2) is 0 Å². The van der Waals surface area contributed by atoms with Crippen LogP contribution in [0.4, 0.5) is 16.1 Å². The Kier molecular flexibility index (Phi) is 5.35. The second kappa shape index (κ2) is 8.08. The molecule has 7 nitrogen and oxygen atoms in total. The number of amides is 2. The number of pyridine rings is 2. The number of nitrogens with zero attached hydrogens (tertiary/aromatic N) is 4. The van der Waals surface area contributed by atoms with E-state index in [-0.39, 0.29) is 25.2 Å². The molecule has 3 aromatic heterocycles. The topological polar surface area (TPSA) is 78.4 Å². The molecule has 1 aliphatic rings. The standard InChI is InChI=1S/C20H15N5O2SSe/c1-24-19(27)15(18(26)23-20(24)28)12-14-5-6-17(29-14)25(13-7-10-21-11-8-13)16-4-2-3-9-22-16/h2-12H,1H3,(H,23,26,28)/b15-12+. The van der Waals surface area contributed by atoms with Gasteiger partial charge in [0, 0.05) is 0 Å². The number of thiocarbonyl (C=S) groups is 1. The molecule has 0 spiro atoms. The summed E-state index contributed by atoms with van der Waals surface area (Å²) in [4.78, 5) is 36.5. The van der Waals surface area contributed by atoms with Crippen molar-refractivity contribution in [2.75, 3.05) is 11.9 Å². The molecule has 4 rings (SSSR count). The Morgan fingerprint density at radius 3 is 2.62 bits per heavy atom. The summed E-state index contributed by atoms with van der Waals surface area (Å²) < 4.78 is 1.93. The minimum absolute atomic E-state index is 0.0807. The number of rotatable bonds is 4. The van der Waals surface area contributed by atoms with Gasteiger partial charge in [0.1, 0.15) is 0 Å². The van der Waals surface area contributed by atoms with Crippen LogP contribution in [0.5, 0.6) is 0 Å². The molecule has 29 heavy (non-hydrogen) atoms. The fourth-order valence-electron chi connectivity index (χ4n) is 2.78. The van der Waals surface area contributed by atoms with Gasteiger partial charge < -0.3 is 0 Å². The second-order valence-electron chi connectivity index (χ2n) is 6.09. The number of aromatic nitrogens is 2. The molecule has 0 radical (unpaired) electrons. The van der Waals surface area contributed by atoms with Gasteiger partial charge in [-0.05, 0) is 0 Å². The molecule has 0 saturated carbocycles. The molecule has 0 bridgehead atoms. The average molecular weight is 468 g/mol. The van der Waals surface area contributed by atoms with Crippen molar-refractivity contribution in [3.63, 3.8) is 0 Å². The fourth-order valence-corrected chi connectivity index (χ4v) is 5.01. The van der Waals surface area contributed by atoms with Crippen LogP contribution in [-0.4, -0.2) is 53.3 Å². The maximum absolute atomic E-state index is 12.4. The molecule has 9 heteroatoms. The Morgan fingerprint density at radius 1 is 1.10 bits per heavy atom. The quantitative estimate of drug-likeness (QED) is 0.274. The molecule has 3 aromatic rings. The number of anilines is 3. The van der Waals surface area contributed by atoms with Gasteiger partial charge >= 0.3 is 179 Å². The van der Waals surface area contributed by atoms with E-state index in [1.165, 1.54) is 4.90 Å². The van der Waals surface area contributed by atoms with Crippen LogP contribution in [0.3, 0.4) is 0 Å². The molecular formula is C20H15N5O2SSe. The van der Waals surface area contributed by atoms with Gasteiger partial charge in [0.15, 0.2) is 0 Å². The summed E-state index contributed by atoms with van der Waals surface area (Å²) >= 11 is 4.85. The summed E-state index contributed by atoms with van der Waals surface area (Å²) in [7, 11) is 1.54. The molecule has 1 aliphatic heterocycles. The van der Waals surface area contributed by atoms with Gasteiger partial charge in [0.2, 0.25) is 0 Å². The van der Waals surface area contributed by atoms with E-state index in [4.69, 9.17) is 12.2 Å². The van der Waals surface area contributed by atoms with Gasteiger partial charge in [-0.15, -0.1) is 0 Å². The normalized spacial score (nSPS) is 15.6. The number of nitrogens with one attached hydrogen (secondary N) is 1. The molecule has 0 aliphatic carbocycles. The van der Waals surface area contributed by atoms with Crippen molar-refractivity contribution >= 4 is 65.8 Å². The monoisotopic (exact) mass is 469 g/mol. The molecule has 1 fully saturated rings. The predicted octanol–water partition coefficient (Wildman–Crippen LogP) is 2.26. The van der Waals surface area contributed by atoms with Gasteiger partial charge in [0.25, 0.3) is 0 Å². The van der Waals surface area contributed by atoms with Crippen LogP contribution in [0.1, 0.15) is 4.44 Å². The minimum atomic E-state index is -0.473. The number of hydrogen-bond donors (Lipinski definition) is 1. The number of likely N-dealkylation sites (N-methyl/N-ethyl adjacent to an activating group) is 1. The number of hydrogen-bond acceptors (Lipinski definition) is 6. The van der Waals surface area contributed by atoms with Gasteiger partial charge in [-0.2, -0.15) is 0 Å². The van der Waals surface area contributed by atoms with E-state index in [1.807, 2.05) is 47.4 Å². The van der Waals surface area contributed by atoms with Crippen molar-refractivity contribution in [1.29, 1.82) is 0 Å². The Labute approximate surface area is 178 Å². The van der Waals surface area contributed by atoms with E-state index < -0.39 is 11.8 Å². The molecule has 0 unspecified atom stereocenters. The van der Waals surface area contributed by atoms with Crippen LogP contribution in [-0.2, 0) is 9.59 Å². The molecular weight excluding hydrogens is 453 g/mol. The Balaban J connectivity index is 1.72. The maximum atomic E-state index is 12.4. The predicted molar refractivity (Wildman–Crippen MR) is 115 cm³/mol. The van der Waals surface area contributed by atoms with Crippen LogP contribution in [0.2, 0.25) is 0 Å². The van der Waals surface area contributed by atoms with Crippen molar-refractivity contribution < 1.29 is 9.59 Å². The molecule has 144 valence electrons. The zero-order chi connectivity index (χ0) is 20.4. The van der Waals surface area contributed by atoms with E-state index in [9.17, 15) is 9.59 Å². The Hall–Kier alpha value is -3.13. The SMILES string of the molecule is CN1C(=O)/C(=C/c2ccc(N(c3ccncc3)c3ccccn3)[se]2)C(=O)NC1=S. The van der Waals surface area contributed by atoms with Crippen molar-refractivity contribution in [2.24, 2.45) is 0 Å². The summed E-state index contributed by atoms with van der Waals surface area (Å²) in [6.07, 6.45) is 6.84. The van der Waals surface area contributed by atoms with Crippen LogP contribution >= 0.6 is 12.2 Å². The van der Waals surface area contributed by atoms with Crippen LogP contribution in [0.15, 0.2) is 66.6 Å². The summed E-state index contributed by atoms with van der Waals surface area (Å²) in [5.41, 5.74) is 1.02. The Morgan fingerprint density at radius 2 is 1.90 bits per heavy atom. The molecule has 0 aromatic carbocycles. The van der Waals surface area contributed by atoms with Crippen molar-refractivity contribution in [2.45, 2.75) is 0 Å². The zero-order valence-electron chi connectivity index (χ0n) is 15.3. The van der Waals surface area contributed by atoms with Crippen LogP contribution < -0.4 is 10.2 Å². The molecule has 4 heterocycles. The first-order valence-corrected chi connectivity index (χ1v) is 10.7. The summed E-state index contributed by atoms with van der Waals surface area (Å²) in [5, 5.41) is 2.65. The third-order valence-electron chi connectivity index (χ3n) is 4.22. The van der Waals surface area contributed by atoms with Gasteiger partial charge in [0.05, 0.1) is 0 Å². The van der Waals surface area contributed by atoms with Crippen LogP contribution in [0, 0.1) is 0 Å². The summed E-state index contributed by atoms with van der Waals surface area (Å²) in [6.45, 7) is 0. The fraction of sp³-hybridized carbons (Fsp3) is 0.0500. The molecule has 0 atom stereocenters. The van der Waals surface area contributed by atoms with Gasteiger partial charge in [-0.3, -0.25) is 0 Å².